The van der Waals surface area contributed by atoms with Crippen LogP contribution >= 0.6 is 11.6 Å². The number of benzene rings is 2. The van der Waals surface area contributed by atoms with Crippen molar-refractivity contribution < 1.29 is 19.0 Å². The molecule has 21 heavy (non-hydrogen) atoms. The van der Waals surface area contributed by atoms with Gasteiger partial charge in [0.2, 0.25) is 0 Å². The van der Waals surface area contributed by atoms with E-state index in [4.69, 9.17) is 21.4 Å². The zero-order valence-electron chi connectivity index (χ0n) is 11.6. The topological polar surface area (TPSA) is 46.5 Å². The van der Waals surface area contributed by atoms with Crippen LogP contribution in [0.1, 0.15) is 27.0 Å². The zero-order valence-corrected chi connectivity index (χ0v) is 12.4. The third-order valence-electron chi connectivity index (χ3n) is 3.18. The van der Waals surface area contributed by atoms with Gasteiger partial charge in [-0.1, -0.05) is 17.7 Å². The second-order valence-electron chi connectivity index (χ2n) is 4.73. The number of hydrogen-bond donors (Lipinski definition) is 1. The first kappa shape index (κ1) is 15.3. The smallest absolute Gasteiger partial charge is 0.336 e. The lowest BCUT2D eigenvalue weighted by molar-refractivity contribution is 0.0694. The second kappa shape index (κ2) is 6.14. The highest BCUT2D eigenvalue weighted by molar-refractivity contribution is 6.31. The van der Waals surface area contributed by atoms with Crippen molar-refractivity contribution in [2.75, 3.05) is 0 Å². The molecule has 0 radical (unpaired) electrons. The van der Waals surface area contributed by atoms with Gasteiger partial charge in [0.1, 0.15) is 18.2 Å². The average molecular weight is 309 g/mol. The van der Waals surface area contributed by atoms with E-state index in [2.05, 4.69) is 0 Å². The summed E-state index contributed by atoms with van der Waals surface area (Å²) in [5, 5.41) is 9.45. The first-order valence-electron chi connectivity index (χ1n) is 6.30. The van der Waals surface area contributed by atoms with E-state index in [1.54, 1.807) is 32.0 Å². The van der Waals surface area contributed by atoms with Crippen molar-refractivity contribution in [2.45, 2.75) is 20.5 Å². The van der Waals surface area contributed by atoms with Crippen LogP contribution in [0, 0.1) is 19.7 Å². The number of ether oxygens (including phenoxy) is 1. The fourth-order valence-corrected chi connectivity index (χ4v) is 2.25. The summed E-state index contributed by atoms with van der Waals surface area (Å²) >= 11 is 6.02. The fourth-order valence-electron chi connectivity index (χ4n) is 2.02. The third kappa shape index (κ3) is 3.34. The number of carboxylic acids is 1. The first-order chi connectivity index (χ1) is 9.90. The van der Waals surface area contributed by atoms with E-state index >= 15 is 0 Å². The summed E-state index contributed by atoms with van der Waals surface area (Å²) in [7, 11) is 0. The predicted octanol–water partition coefficient (Wildman–Crippen LogP) is 4.37. The molecule has 2 aromatic rings. The van der Waals surface area contributed by atoms with E-state index in [9.17, 15) is 9.18 Å². The Labute approximate surface area is 126 Å². The van der Waals surface area contributed by atoms with E-state index in [1.165, 1.54) is 12.1 Å². The van der Waals surface area contributed by atoms with Gasteiger partial charge in [-0.05, 0) is 43.2 Å². The molecular formula is C16H14ClFO3. The van der Waals surface area contributed by atoms with Crippen molar-refractivity contribution in [2.24, 2.45) is 0 Å². The first-order valence-corrected chi connectivity index (χ1v) is 6.68. The molecule has 3 nitrogen and oxygen atoms in total. The molecule has 0 fully saturated rings. The monoisotopic (exact) mass is 308 g/mol. The van der Waals surface area contributed by atoms with Crippen LogP contribution < -0.4 is 4.74 Å². The van der Waals surface area contributed by atoms with Crippen LogP contribution in [0.15, 0.2) is 30.3 Å². The molecule has 2 aromatic carbocycles. The molecule has 0 bridgehead atoms. The summed E-state index contributed by atoms with van der Waals surface area (Å²) in [6.45, 7) is 3.43. The minimum absolute atomic E-state index is 0.0371. The Bertz CT molecular complexity index is 698. The summed E-state index contributed by atoms with van der Waals surface area (Å²) in [6, 6.07) is 7.58. The summed E-state index contributed by atoms with van der Waals surface area (Å²) in [5.41, 5.74) is 1.75. The minimum atomic E-state index is -1.08. The molecule has 0 saturated heterocycles. The Kier molecular flexibility index (Phi) is 4.48. The Morgan fingerprint density at radius 3 is 2.67 bits per heavy atom. The lowest BCUT2D eigenvalue weighted by atomic mass is 10.1. The van der Waals surface area contributed by atoms with Crippen molar-refractivity contribution in [1.82, 2.24) is 0 Å². The molecule has 0 aliphatic rings. The molecule has 0 unspecified atom stereocenters. The Balaban J connectivity index is 2.29. The highest BCUT2D eigenvalue weighted by Gasteiger charge is 2.14. The average Bonchev–Trinajstić information content (AvgIpc) is 2.42. The van der Waals surface area contributed by atoms with Crippen molar-refractivity contribution in [3.63, 3.8) is 0 Å². The number of aromatic carboxylic acids is 1. The molecule has 0 spiro atoms. The normalized spacial score (nSPS) is 10.5. The van der Waals surface area contributed by atoms with Crippen LogP contribution in [-0.2, 0) is 6.61 Å². The van der Waals surface area contributed by atoms with E-state index in [1.807, 2.05) is 0 Å². The van der Waals surface area contributed by atoms with Gasteiger partial charge < -0.3 is 9.84 Å². The Morgan fingerprint density at radius 1 is 1.29 bits per heavy atom. The Hall–Kier alpha value is -2.07. The summed E-state index contributed by atoms with van der Waals surface area (Å²) in [6.07, 6.45) is 0. The van der Waals surface area contributed by atoms with Crippen molar-refractivity contribution >= 4 is 17.6 Å². The largest absolute Gasteiger partial charge is 0.488 e. The van der Waals surface area contributed by atoms with Crippen LogP contribution in [0.2, 0.25) is 5.02 Å². The number of carboxylic acid groups (broad SMARTS) is 1. The molecular weight excluding hydrogens is 295 g/mol. The lowest BCUT2D eigenvalue weighted by Crippen LogP contribution is -2.07. The van der Waals surface area contributed by atoms with Gasteiger partial charge in [0.15, 0.2) is 0 Å². The maximum Gasteiger partial charge on any atom is 0.336 e. The van der Waals surface area contributed by atoms with Gasteiger partial charge in [-0.3, -0.25) is 0 Å². The fraction of sp³-hybridized carbons (Fsp3) is 0.188. The lowest BCUT2D eigenvalue weighted by Gasteiger charge is -2.13. The Morgan fingerprint density at radius 2 is 2.00 bits per heavy atom. The third-order valence-corrected chi connectivity index (χ3v) is 3.53. The van der Waals surface area contributed by atoms with E-state index < -0.39 is 5.97 Å². The second-order valence-corrected chi connectivity index (χ2v) is 5.13. The van der Waals surface area contributed by atoms with Crippen LogP contribution in [-0.4, -0.2) is 11.1 Å². The molecule has 0 amide bonds. The van der Waals surface area contributed by atoms with Gasteiger partial charge in [0.05, 0.1) is 5.56 Å². The van der Waals surface area contributed by atoms with E-state index in [-0.39, 0.29) is 18.0 Å². The van der Waals surface area contributed by atoms with Crippen molar-refractivity contribution in [1.29, 1.82) is 0 Å². The summed E-state index contributed by atoms with van der Waals surface area (Å²) in [5.74, 6) is -1.08. The molecule has 1 N–H and O–H groups in total. The highest BCUT2D eigenvalue weighted by Crippen LogP contribution is 2.26. The van der Waals surface area contributed by atoms with Gasteiger partial charge in [-0.25, -0.2) is 9.18 Å². The SMILES string of the molecule is Cc1cc(C)c(OCc2c(Cl)cccc2C(=O)O)cc1F. The van der Waals surface area contributed by atoms with Crippen LogP contribution in [0.3, 0.4) is 0 Å². The van der Waals surface area contributed by atoms with Crippen molar-refractivity contribution in [3.05, 3.63) is 63.4 Å². The van der Waals surface area contributed by atoms with Gasteiger partial charge >= 0.3 is 5.97 Å². The minimum Gasteiger partial charge on any atom is -0.488 e. The molecule has 5 heteroatoms. The summed E-state index contributed by atoms with van der Waals surface area (Å²) < 4.78 is 19.1. The van der Waals surface area contributed by atoms with E-state index in [0.717, 1.165) is 5.56 Å². The van der Waals surface area contributed by atoms with Gasteiger partial charge in [-0.15, -0.1) is 0 Å². The number of rotatable bonds is 4. The summed E-state index contributed by atoms with van der Waals surface area (Å²) in [4.78, 5) is 11.2. The molecule has 2 rings (SSSR count). The molecule has 0 aromatic heterocycles. The number of aryl methyl sites for hydroxylation is 2. The maximum absolute atomic E-state index is 13.6. The standard InChI is InChI=1S/C16H14ClFO3/c1-9-6-10(2)15(7-14(9)18)21-8-12-11(16(19)20)4-3-5-13(12)17/h3-7H,8H2,1-2H3,(H,19,20). The number of hydrogen-bond acceptors (Lipinski definition) is 2. The number of halogens is 2. The van der Waals surface area contributed by atoms with Gasteiger partial charge in [0, 0.05) is 16.7 Å². The zero-order chi connectivity index (χ0) is 15.6. The highest BCUT2D eigenvalue weighted by atomic mass is 35.5. The van der Waals surface area contributed by atoms with Gasteiger partial charge in [-0.2, -0.15) is 0 Å². The molecule has 110 valence electrons. The quantitative estimate of drug-likeness (QED) is 0.912. The van der Waals surface area contributed by atoms with Crippen LogP contribution in [0.4, 0.5) is 4.39 Å². The molecule has 0 aliphatic carbocycles. The van der Waals surface area contributed by atoms with Crippen LogP contribution in [0.5, 0.6) is 5.75 Å². The molecule has 0 atom stereocenters. The maximum atomic E-state index is 13.6. The molecule has 0 aliphatic heterocycles. The predicted molar refractivity (Wildman–Crippen MR) is 78.6 cm³/mol. The number of carbonyl (C=O) groups is 1. The van der Waals surface area contributed by atoms with Crippen molar-refractivity contribution in [3.8, 4) is 5.75 Å². The van der Waals surface area contributed by atoms with Crippen LogP contribution in [0.25, 0.3) is 0 Å². The van der Waals surface area contributed by atoms with Gasteiger partial charge in [0.25, 0.3) is 0 Å². The molecule has 0 heterocycles. The van der Waals surface area contributed by atoms with E-state index in [0.29, 0.717) is 21.9 Å². The molecule has 0 saturated carbocycles.